The number of nitrogens with two attached hydrogens (primary N) is 1. The lowest BCUT2D eigenvalue weighted by Crippen LogP contribution is -2.46. The molecule has 0 spiro atoms. The molecule has 6 nitrogen and oxygen atoms in total. The Balaban J connectivity index is 0.00000288. The van der Waals surface area contributed by atoms with Gasteiger partial charge < -0.3 is 11.1 Å². The molecule has 2 rings (SSSR count). The van der Waals surface area contributed by atoms with Crippen molar-refractivity contribution < 1.29 is 17.6 Å². The van der Waals surface area contributed by atoms with Crippen LogP contribution in [-0.4, -0.2) is 44.8 Å². The summed E-state index contributed by atoms with van der Waals surface area (Å²) in [5, 5.41) is 2.79. The van der Waals surface area contributed by atoms with E-state index in [1.165, 1.54) is 6.07 Å². The first-order chi connectivity index (χ1) is 10.9. The summed E-state index contributed by atoms with van der Waals surface area (Å²) in [6, 6.07) is 3.39. The van der Waals surface area contributed by atoms with E-state index < -0.39 is 26.7 Å². The molecule has 1 saturated heterocycles. The second kappa shape index (κ2) is 8.96. The Bertz CT molecular complexity index is 688. The van der Waals surface area contributed by atoms with Crippen LogP contribution in [0, 0.1) is 11.7 Å². The van der Waals surface area contributed by atoms with Gasteiger partial charge in [-0.25, -0.2) is 12.8 Å². The molecule has 0 bridgehead atoms. The summed E-state index contributed by atoms with van der Waals surface area (Å²) < 4.78 is 40.3. The first kappa shape index (κ1) is 21.1. The topological polar surface area (TPSA) is 92.5 Å². The molecule has 1 heterocycles. The molecule has 0 aliphatic carbocycles. The highest BCUT2D eigenvalue weighted by atomic mass is 35.5. The van der Waals surface area contributed by atoms with Gasteiger partial charge in [-0.3, -0.25) is 4.79 Å². The molecular formula is C14H20Cl2FN3O3S. The largest absolute Gasteiger partial charge is 0.355 e. The quantitative estimate of drug-likeness (QED) is 0.781. The van der Waals surface area contributed by atoms with Crippen molar-refractivity contribution in [3.8, 4) is 0 Å². The number of hydrogen-bond acceptors (Lipinski definition) is 4. The van der Waals surface area contributed by atoms with Crippen LogP contribution in [0.15, 0.2) is 23.1 Å². The molecule has 0 saturated carbocycles. The molecule has 1 atom stereocenters. The van der Waals surface area contributed by atoms with Crippen LogP contribution in [-0.2, 0) is 14.8 Å². The van der Waals surface area contributed by atoms with Crippen molar-refractivity contribution in [2.24, 2.45) is 11.7 Å². The second-order valence-electron chi connectivity index (χ2n) is 5.36. The van der Waals surface area contributed by atoms with Crippen LogP contribution in [0.5, 0.6) is 0 Å². The summed E-state index contributed by atoms with van der Waals surface area (Å²) in [6.07, 6.45) is 1.11. The molecule has 3 N–H and O–H groups in total. The highest BCUT2D eigenvalue weighted by molar-refractivity contribution is 7.89. The third kappa shape index (κ3) is 4.80. The zero-order valence-corrected chi connectivity index (χ0v) is 15.3. The fraction of sp³-hybridized carbons (Fsp3) is 0.500. The number of carbonyl (C=O) groups is 1. The minimum Gasteiger partial charge on any atom is -0.355 e. The second-order valence-corrected chi connectivity index (χ2v) is 7.70. The van der Waals surface area contributed by atoms with Gasteiger partial charge in [0.1, 0.15) is 10.7 Å². The van der Waals surface area contributed by atoms with Crippen LogP contribution < -0.4 is 11.1 Å². The Morgan fingerprint density at radius 3 is 2.83 bits per heavy atom. The van der Waals surface area contributed by atoms with Gasteiger partial charge in [0.15, 0.2) is 0 Å². The number of nitrogens with one attached hydrogen (secondary N) is 1. The SMILES string of the molecule is Cl.NCCNC(=O)C1CCCN(S(=O)(=O)c2cc(Cl)ccc2F)C1. The van der Waals surface area contributed by atoms with E-state index in [9.17, 15) is 17.6 Å². The number of nitrogens with zero attached hydrogens (tertiary/aromatic N) is 1. The highest BCUT2D eigenvalue weighted by Gasteiger charge is 2.34. The van der Waals surface area contributed by atoms with Gasteiger partial charge in [0.25, 0.3) is 0 Å². The first-order valence-corrected chi connectivity index (χ1v) is 9.11. The molecule has 136 valence electrons. The van der Waals surface area contributed by atoms with Crippen molar-refractivity contribution in [2.45, 2.75) is 17.7 Å². The zero-order valence-electron chi connectivity index (χ0n) is 12.9. The molecule has 24 heavy (non-hydrogen) atoms. The van der Waals surface area contributed by atoms with Crippen molar-refractivity contribution in [2.75, 3.05) is 26.2 Å². The monoisotopic (exact) mass is 399 g/mol. The van der Waals surface area contributed by atoms with Crippen LogP contribution >= 0.6 is 24.0 Å². The molecule has 0 aromatic heterocycles. The van der Waals surface area contributed by atoms with Crippen molar-refractivity contribution in [1.29, 1.82) is 0 Å². The summed E-state index contributed by atoms with van der Waals surface area (Å²) >= 11 is 5.77. The summed E-state index contributed by atoms with van der Waals surface area (Å²) in [5.74, 6) is -1.56. The average Bonchev–Trinajstić information content (AvgIpc) is 2.54. The van der Waals surface area contributed by atoms with Gasteiger partial charge in [-0.1, -0.05) is 11.6 Å². The lowest BCUT2D eigenvalue weighted by Gasteiger charge is -2.31. The van der Waals surface area contributed by atoms with E-state index in [0.29, 0.717) is 25.9 Å². The van der Waals surface area contributed by atoms with E-state index >= 15 is 0 Å². The number of piperidine rings is 1. The molecule has 10 heteroatoms. The molecule has 1 aromatic rings. The Morgan fingerprint density at radius 1 is 1.46 bits per heavy atom. The number of amides is 1. The number of carbonyl (C=O) groups excluding carboxylic acids is 1. The molecule has 1 unspecified atom stereocenters. The Hall–Kier alpha value is -0.930. The van der Waals surface area contributed by atoms with Crippen LogP contribution in [0.25, 0.3) is 0 Å². The van der Waals surface area contributed by atoms with Crippen LogP contribution in [0.1, 0.15) is 12.8 Å². The molecular weight excluding hydrogens is 380 g/mol. The Labute approximate surface area is 152 Å². The van der Waals surface area contributed by atoms with Crippen molar-refractivity contribution in [1.82, 2.24) is 9.62 Å². The standard InChI is InChI=1S/C14H19ClFN3O3S.ClH/c15-11-3-4-12(16)13(8-11)23(21,22)19-7-1-2-10(9-19)14(20)18-6-5-17;/h3-4,8,10H,1-2,5-7,9,17H2,(H,18,20);1H. The average molecular weight is 400 g/mol. The molecule has 1 aliphatic heterocycles. The third-order valence-electron chi connectivity index (χ3n) is 3.71. The summed E-state index contributed by atoms with van der Waals surface area (Å²) in [5.41, 5.74) is 5.33. The molecule has 1 aromatic carbocycles. The highest BCUT2D eigenvalue weighted by Crippen LogP contribution is 2.27. The predicted octanol–water partition coefficient (Wildman–Crippen LogP) is 1.38. The zero-order chi connectivity index (χ0) is 17.0. The van der Waals surface area contributed by atoms with E-state index in [-0.39, 0.29) is 36.4 Å². The fourth-order valence-electron chi connectivity index (χ4n) is 2.53. The Kier molecular flexibility index (Phi) is 7.88. The van der Waals surface area contributed by atoms with E-state index in [0.717, 1.165) is 16.4 Å². The van der Waals surface area contributed by atoms with Gasteiger partial charge in [-0.2, -0.15) is 4.31 Å². The smallest absolute Gasteiger partial charge is 0.246 e. The summed E-state index contributed by atoms with van der Waals surface area (Å²) in [4.78, 5) is 11.5. The number of benzene rings is 1. The summed E-state index contributed by atoms with van der Waals surface area (Å²) in [7, 11) is -4.03. The van der Waals surface area contributed by atoms with E-state index in [1.807, 2.05) is 0 Å². The maximum absolute atomic E-state index is 13.9. The van der Waals surface area contributed by atoms with Gasteiger partial charge in [-0.05, 0) is 31.0 Å². The van der Waals surface area contributed by atoms with E-state index in [1.54, 1.807) is 0 Å². The van der Waals surface area contributed by atoms with Crippen molar-refractivity contribution >= 4 is 39.9 Å². The fourth-order valence-corrected chi connectivity index (χ4v) is 4.38. The van der Waals surface area contributed by atoms with Gasteiger partial charge in [0, 0.05) is 31.2 Å². The number of rotatable bonds is 5. The third-order valence-corrected chi connectivity index (χ3v) is 5.82. The van der Waals surface area contributed by atoms with Gasteiger partial charge in [0.05, 0.1) is 5.92 Å². The summed E-state index contributed by atoms with van der Waals surface area (Å²) in [6.45, 7) is 0.916. The lowest BCUT2D eigenvalue weighted by atomic mass is 9.99. The molecule has 1 fully saturated rings. The van der Waals surface area contributed by atoms with Gasteiger partial charge >= 0.3 is 0 Å². The Morgan fingerprint density at radius 2 is 2.17 bits per heavy atom. The maximum Gasteiger partial charge on any atom is 0.246 e. The number of sulfonamides is 1. The first-order valence-electron chi connectivity index (χ1n) is 7.29. The van der Waals surface area contributed by atoms with Crippen LogP contribution in [0.2, 0.25) is 5.02 Å². The minimum absolute atomic E-state index is 0. The normalized spacial score (nSPS) is 18.7. The van der Waals surface area contributed by atoms with Crippen molar-refractivity contribution in [3.05, 3.63) is 29.0 Å². The lowest BCUT2D eigenvalue weighted by molar-refractivity contribution is -0.126. The predicted molar refractivity (Wildman–Crippen MR) is 92.2 cm³/mol. The van der Waals surface area contributed by atoms with Crippen LogP contribution in [0.4, 0.5) is 4.39 Å². The van der Waals surface area contributed by atoms with E-state index in [4.69, 9.17) is 17.3 Å². The van der Waals surface area contributed by atoms with Gasteiger partial charge in [0.2, 0.25) is 15.9 Å². The molecule has 1 amide bonds. The minimum atomic E-state index is -4.03. The molecule has 1 aliphatic rings. The van der Waals surface area contributed by atoms with E-state index in [2.05, 4.69) is 5.32 Å². The van der Waals surface area contributed by atoms with Crippen molar-refractivity contribution in [3.63, 3.8) is 0 Å². The van der Waals surface area contributed by atoms with Crippen LogP contribution in [0.3, 0.4) is 0 Å². The number of hydrogen-bond donors (Lipinski definition) is 2. The number of halogens is 3. The molecule has 0 radical (unpaired) electrons. The van der Waals surface area contributed by atoms with Gasteiger partial charge in [-0.15, -0.1) is 12.4 Å². The maximum atomic E-state index is 13.9.